The third kappa shape index (κ3) is 4.14. The van der Waals surface area contributed by atoms with Gasteiger partial charge in [-0.05, 0) is 42.8 Å². The van der Waals surface area contributed by atoms with Gasteiger partial charge in [-0.2, -0.15) is 5.10 Å². The summed E-state index contributed by atoms with van der Waals surface area (Å²) in [5.74, 6) is 1.31. The van der Waals surface area contributed by atoms with Crippen LogP contribution < -0.4 is 4.74 Å². The molecule has 8 nitrogen and oxygen atoms in total. The standard InChI is InChI=1S/C23H25N5O3/c1-3-20-19(16-25-28(20)21-6-4-5-11-24-21)23(30)27-14-12-26(13-15-27)22(29)17-7-9-18(31-2)10-8-17/h4-11,16H,3,12-15H2,1-2H3. The van der Waals surface area contributed by atoms with Gasteiger partial charge < -0.3 is 14.5 Å². The number of ether oxygens (including phenoxy) is 1. The molecule has 0 spiro atoms. The molecule has 1 aliphatic rings. The molecule has 0 bridgehead atoms. The van der Waals surface area contributed by atoms with Crippen LogP contribution in [0.2, 0.25) is 0 Å². The van der Waals surface area contributed by atoms with E-state index in [1.165, 1.54) is 0 Å². The van der Waals surface area contributed by atoms with Gasteiger partial charge in [-0.3, -0.25) is 9.59 Å². The molecule has 2 amide bonds. The largest absolute Gasteiger partial charge is 0.497 e. The Kier molecular flexibility index (Phi) is 5.97. The third-order valence-electron chi connectivity index (χ3n) is 5.49. The topological polar surface area (TPSA) is 80.6 Å². The number of hydrogen-bond donors (Lipinski definition) is 0. The summed E-state index contributed by atoms with van der Waals surface area (Å²) in [7, 11) is 1.59. The monoisotopic (exact) mass is 419 g/mol. The van der Waals surface area contributed by atoms with Crippen LogP contribution in [-0.2, 0) is 6.42 Å². The molecular formula is C23H25N5O3. The van der Waals surface area contributed by atoms with Crippen LogP contribution in [0.3, 0.4) is 0 Å². The number of amides is 2. The minimum atomic E-state index is -0.0597. The first-order chi connectivity index (χ1) is 15.1. The van der Waals surface area contributed by atoms with E-state index in [9.17, 15) is 9.59 Å². The Morgan fingerprint density at radius 2 is 1.65 bits per heavy atom. The Hall–Kier alpha value is -3.68. The minimum absolute atomic E-state index is 0.0352. The van der Waals surface area contributed by atoms with E-state index in [-0.39, 0.29) is 11.8 Å². The van der Waals surface area contributed by atoms with E-state index in [1.807, 2.05) is 25.1 Å². The fourth-order valence-electron chi connectivity index (χ4n) is 3.77. The van der Waals surface area contributed by atoms with Gasteiger partial charge >= 0.3 is 0 Å². The van der Waals surface area contributed by atoms with E-state index < -0.39 is 0 Å². The quantitative estimate of drug-likeness (QED) is 0.635. The van der Waals surface area contributed by atoms with E-state index >= 15 is 0 Å². The van der Waals surface area contributed by atoms with Crippen LogP contribution >= 0.6 is 0 Å². The van der Waals surface area contributed by atoms with Gasteiger partial charge in [0.25, 0.3) is 11.8 Å². The average Bonchev–Trinajstić information content (AvgIpc) is 3.28. The lowest BCUT2D eigenvalue weighted by Gasteiger charge is -2.34. The number of pyridine rings is 1. The number of benzene rings is 1. The van der Waals surface area contributed by atoms with Gasteiger partial charge in [0, 0.05) is 37.9 Å². The zero-order valence-corrected chi connectivity index (χ0v) is 17.7. The lowest BCUT2D eigenvalue weighted by Crippen LogP contribution is -2.50. The van der Waals surface area contributed by atoms with E-state index in [2.05, 4.69) is 10.1 Å². The molecule has 0 radical (unpaired) electrons. The zero-order chi connectivity index (χ0) is 21.8. The maximum absolute atomic E-state index is 13.2. The number of carbonyl (C=O) groups excluding carboxylic acids is 2. The summed E-state index contributed by atoms with van der Waals surface area (Å²) in [6.45, 7) is 3.95. The predicted molar refractivity (Wildman–Crippen MR) is 116 cm³/mol. The molecule has 31 heavy (non-hydrogen) atoms. The number of carbonyl (C=O) groups is 2. The smallest absolute Gasteiger partial charge is 0.257 e. The Labute approximate surface area is 181 Å². The molecule has 1 saturated heterocycles. The van der Waals surface area contributed by atoms with E-state index in [0.717, 1.165) is 5.69 Å². The van der Waals surface area contributed by atoms with Gasteiger partial charge in [-0.15, -0.1) is 0 Å². The summed E-state index contributed by atoms with van der Waals surface area (Å²) >= 11 is 0. The predicted octanol–water partition coefficient (Wildman–Crippen LogP) is 2.44. The van der Waals surface area contributed by atoms with E-state index in [4.69, 9.17) is 4.74 Å². The molecule has 3 heterocycles. The molecule has 0 atom stereocenters. The van der Waals surface area contributed by atoms with Gasteiger partial charge in [0.2, 0.25) is 0 Å². The van der Waals surface area contributed by atoms with Crippen LogP contribution in [0, 0.1) is 0 Å². The summed E-state index contributed by atoms with van der Waals surface area (Å²) in [5, 5.41) is 4.40. The molecule has 1 aromatic carbocycles. The Bertz CT molecular complexity index is 1050. The molecule has 0 N–H and O–H groups in total. The van der Waals surface area contributed by atoms with Crippen molar-refractivity contribution in [2.24, 2.45) is 0 Å². The molecule has 0 unspecified atom stereocenters. The highest BCUT2D eigenvalue weighted by molar-refractivity contribution is 5.96. The second kappa shape index (κ2) is 8.99. The minimum Gasteiger partial charge on any atom is -0.497 e. The summed E-state index contributed by atoms with van der Waals surface area (Å²) in [6.07, 6.45) is 3.98. The molecule has 1 aliphatic heterocycles. The van der Waals surface area contributed by atoms with Crippen molar-refractivity contribution >= 4 is 11.8 Å². The number of nitrogens with zero attached hydrogens (tertiary/aromatic N) is 5. The molecular weight excluding hydrogens is 394 g/mol. The first-order valence-corrected chi connectivity index (χ1v) is 10.3. The molecule has 4 rings (SSSR count). The van der Waals surface area contributed by atoms with Crippen molar-refractivity contribution in [3.05, 3.63) is 71.7 Å². The number of piperazine rings is 1. The van der Waals surface area contributed by atoms with E-state index in [1.54, 1.807) is 58.3 Å². The summed E-state index contributed by atoms with van der Waals surface area (Å²) in [6, 6.07) is 12.7. The highest BCUT2D eigenvalue weighted by Gasteiger charge is 2.28. The first-order valence-electron chi connectivity index (χ1n) is 10.3. The van der Waals surface area contributed by atoms with Crippen LogP contribution in [-0.4, -0.2) is 69.7 Å². The van der Waals surface area contributed by atoms with Gasteiger partial charge in [-0.1, -0.05) is 13.0 Å². The maximum Gasteiger partial charge on any atom is 0.257 e. The fraction of sp³-hybridized carbons (Fsp3) is 0.304. The Morgan fingerprint density at radius 1 is 0.968 bits per heavy atom. The molecule has 3 aromatic rings. The molecule has 8 heteroatoms. The molecule has 0 aliphatic carbocycles. The van der Waals surface area contributed by atoms with Crippen LogP contribution in [0.25, 0.3) is 5.82 Å². The lowest BCUT2D eigenvalue weighted by atomic mass is 10.1. The van der Waals surface area contributed by atoms with Crippen molar-refractivity contribution in [2.45, 2.75) is 13.3 Å². The Balaban J connectivity index is 1.44. The summed E-state index contributed by atoms with van der Waals surface area (Å²) in [5.41, 5.74) is 2.04. The van der Waals surface area contributed by atoms with Gasteiger partial charge in [-0.25, -0.2) is 9.67 Å². The molecule has 160 valence electrons. The van der Waals surface area contributed by atoms with Crippen LogP contribution in [0.4, 0.5) is 0 Å². The highest BCUT2D eigenvalue weighted by atomic mass is 16.5. The highest BCUT2D eigenvalue weighted by Crippen LogP contribution is 2.19. The SMILES string of the molecule is CCc1c(C(=O)N2CCN(C(=O)c3ccc(OC)cc3)CC2)cnn1-c1ccccn1. The zero-order valence-electron chi connectivity index (χ0n) is 17.7. The maximum atomic E-state index is 13.2. The van der Waals surface area contributed by atoms with E-state index in [0.29, 0.717) is 55.3 Å². The molecule has 2 aromatic heterocycles. The second-order valence-electron chi connectivity index (χ2n) is 7.27. The number of aromatic nitrogens is 3. The number of methoxy groups -OCH3 is 1. The van der Waals surface area contributed by atoms with Crippen molar-refractivity contribution < 1.29 is 14.3 Å². The normalized spacial score (nSPS) is 13.9. The van der Waals surface area contributed by atoms with Gasteiger partial charge in [0.1, 0.15) is 5.75 Å². The Morgan fingerprint density at radius 3 is 2.23 bits per heavy atom. The van der Waals surface area contributed by atoms with Crippen LogP contribution in [0.15, 0.2) is 54.9 Å². The van der Waals surface area contributed by atoms with Crippen molar-refractivity contribution in [1.82, 2.24) is 24.6 Å². The number of hydrogen-bond acceptors (Lipinski definition) is 5. The van der Waals surface area contributed by atoms with Crippen molar-refractivity contribution in [3.8, 4) is 11.6 Å². The third-order valence-corrected chi connectivity index (χ3v) is 5.49. The molecule has 0 saturated carbocycles. The second-order valence-corrected chi connectivity index (χ2v) is 7.27. The summed E-state index contributed by atoms with van der Waals surface area (Å²) in [4.78, 5) is 33.8. The lowest BCUT2D eigenvalue weighted by molar-refractivity contribution is 0.0535. The van der Waals surface area contributed by atoms with Crippen molar-refractivity contribution in [1.29, 1.82) is 0 Å². The average molecular weight is 419 g/mol. The van der Waals surface area contributed by atoms with Gasteiger partial charge in [0.05, 0.1) is 24.6 Å². The first kappa shape index (κ1) is 20.6. The summed E-state index contributed by atoms with van der Waals surface area (Å²) < 4.78 is 6.86. The molecule has 1 fully saturated rings. The van der Waals surface area contributed by atoms with Crippen molar-refractivity contribution in [3.63, 3.8) is 0 Å². The van der Waals surface area contributed by atoms with Crippen molar-refractivity contribution in [2.75, 3.05) is 33.3 Å². The van der Waals surface area contributed by atoms with Gasteiger partial charge in [0.15, 0.2) is 5.82 Å². The fourth-order valence-corrected chi connectivity index (χ4v) is 3.77. The number of rotatable bonds is 5. The van der Waals surface area contributed by atoms with Crippen LogP contribution in [0.5, 0.6) is 5.75 Å². The van der Waals surface area contributed by atoms with Crippen LogP contribution in [0.1, 0.15) is 33.3 Å².